The highest BCUT2D eigenvalue weighted by atomic mass is 79.9. The number of nitrogens with two attached hydrogens (primary N) is 1. The normalized spacial score (nSPS) is 12.5. The van der Waals surface area contributed by atoms with Crippen LogP contribution in [0.5, 0.6) is 0 Å². The Morgan fingerprint density at radius 1 is 1.05 bits per heavy atom. The molecular weight excluding hydrogens is 305 g/mol. The third kappa shape index (κ3) is 2.88. The molecule has 2 rings (SSSR count). The minimum absolute atomic E-state index is 0.238. The first-order valence-corrected chi connectivity index (χ1v) is 6.97. The van der Waals surface area contributed by atoms with Gasteiger partial charge in [0.2, 0.25) is 0 Å². The van der Waals surface area contributed by atoms with Gasteiger partial charge in [0.15, 0.2) is 0 Å². The molecule has 2 N–H and O–H groups in total. The predicted octanol–water partition coefficient (Wildman–Crippen LogP) is 4.56. The van der Waals surface area contributed by atoms with Gasteiger partial charge in [-0.05, 0) is 71.1 Å². The topological polar surface area (TPSA) is 26.0 Å². The van der Waals surface area contributed by atoms with E-state index in [1.165, 1.54) is 22.8 Å². The SMILES string of the molecule is Cc1cc(C)c(C(N)c2ccc(F)c(Br)c2)c(C)c1. The second-order valence-corrected chi connectivity index (χ2v) is 5.82. The van der Waals surface area contributed by atoms with Crippen LogP contribution in [0.4, 0.5) is 4.39 Å². The smallest absolute Gasteiger partial charge is 0.137 e. The highest BCUT2D eigenvalue weighted by Crippen LogP contribution is 2.29. The van der Waals surface area contributed by atoms with E-state index >= 15 is 0 Å². The predicted molar refractivity (Wildman–Crippen MR) is 80.8 cm³/mol. The zero-order chi connectivity index (χ0) is 14.2. The first-order chi connectivity index (χ1) is 8.90. The molecule has 0 saturated carbocycles. The maximum absolute atomic E-state index is 13.3. The van der Waals surface area contributed by atoms with E-state index in [4.69, 9.17) is 5.73 Å². The molecule has 0 bridgehead atoms. The Morgan fingerprint density at radius 2 is 1.63 bits per heavy atom. The van der Waals surface area contributed by atoms with E-state index in [0.29, 0.717) is 4.47 Å². The number of hydrogen-bond acceptors (Lipinski definition) is 1. The Hall–Kier alpha value is -1.19. The van der Waals surface area contributed by atoms with E-state index < -0.39 is 0 Å². The van der Waals surface area contributed by atoms with Gasteiger partial charge in [0.1, 0.15) is 5.82 Å². The summed E-state index contributed by atoms with van der Waals surface area (Å²) in [6.07, 6.45) is 0. The van der Waals surface area contributed by atoms with Crippen LogP contribution in [0.3, 0.4) is 0 Å². The van der Waals surface area contributed by atoms with E-state index in [9.17, 15) is 4.39 Å². The molecule has 0 aliphatic heterocycles. The quantitative estimate of drug-likeness (QED) is 0.862. The number of hydrogen-bond donors (Lipinski definition) is 1. The van der Waals surface area contributed by atoms with Crippen molar-refractivity contribution >= 4 is 15.9 Å². The van der Waals surface area contributed by atoms with Crippen LogP contribution in [0.1, 0.15) is 33.9 Å². The van der Waals surface area contributed by atoms with Crippen LogP contribution in [0.15, 0.2) is 34.8 Å². The van der Waals surface area contributed by atoms with E-state index in [-0.39, 0.29) is 11.9 Å². The Bertz CT molecular complexity index is 599. The second-order valence-electron chi connectivity index (χ2n) is 4.96. The van der Waals surface area contributed by atoms with Gasteiger partial charge in [-0.3, -0.25) is 0 Å². The molecular formula is C16H17BrFN. The summed E-state index contributed by atoms with van der Waals surface area (Å²) in [7, 11) is 0. The molecule has 1 unspecified atom stereocenters. The van der Waals surface area contributed by atoms with Crippen LogP contribution in [-0.4, -0.2) is 0 Å². The molecule has 0 heterocycles. The molecule has 0 radical (unpaired) electrons. The minimum atomic E-state index is -0.270. The first-order valence-electron chi connectivity index (χ1n) is 6.18. The lowest BCUT2D eigenvalue weighted by atomic mass is 9.90. The van der Waals surface area contributed by atoms with E-state index in [1.54, 1.807) is 12.1 Å². The van der Waals surface area contributed by atoms with Crippen molar-refractivity contribution in [3.8, 4) is 0 Å². The second kappa shape index (κ2) is 5.43. The van der Waals surface area contributed by atoms with Crippen LogP contribution in [0.2, 0.25) is 0 Å². The molecule has 1 atom stereocenters. The monoisotopic (exact) mass is 321 g/mol. The molecule has 1 nitrogen and oxygen atoms in total. The molecule has 0 aliphatic rings. The fraction of sp³-hybridized carbons (Fsp3) is 0.250. The standard InChI is InChI=1S/C16H17BrFN/c1-9-6-10(2)15(11(3)7-9)16(19)12-4-5-14(18)13(17)8-12/h4-8,16H,19H2,1-3H3. The molecule has 2 aromatic rings. The summed E-state index contributed by atoms with van der Waals surface area (Å²) >= 11 is 3.20. The molecule has 19 heavy (non-hydrogen) atoms. The van der Waals surface area contributed by atoms with Gasteiger partial charge in [0.05, 0.1) is 10.5 Å². The number of rotatable bonds is 2. The highest BCUT2D eigenvalue weighted by molar-refractivity contribution is 9.10. The van der Waals surface area contributed by atoms with Gasteiger partial charge < -0.3 is 5.73 Å². The van der Waals surface area contributed by atoms with Crippen LogP contribution in [0.25, 0.3) is 0 Å². The van der Waals surface area contributed by atoms with E-state index in [1.807, 2.05) is 0 Å². The van der Waals surface area contributed by atoms with Gasteiger partial charge >= 0.3 is 0 Å². The molecule has 0 spiro atoms. The summed E-state index contributed by atoms with van der Waals surface area (Å²) in [5.41, 5.74) is 11.9. The Balaban J connectivity index is 2.49. The molecule has 2 aromatic carbocycles. The van der Waals surface area contributed by atoms with Crippen molar-refractivity contribution in [2.75, 3.05) is 0 Å². The Kier molecular flexibility index (Phi) is 4.07. The lowest BCUT2D eigenvalue weighted by Gasteiger charge is -2.19. The van der Waals surface area contributed by atoms with Crippen molar-refractivity contribution in [2.45, 2.75) is 26.8 Å². The summed E-state index contributed by atoms with van der Waals surface area (Å²) in [6, 6.07) is 8.94. The third-order valence-electron chi connectivity index (χ3n) is 3.35. The third-order valence-corrected chi connectivity index (χ3v) is 3.96. The average Bonchev–Trinajstić information content (AvgIpc) is 2.31. The van der Waals surface area contributed by atoms with Crippen molar-refractivity contribution in [1.29, 1.82) is 0 Å². The van der Waals surface area contributed by atoms with Crippen molar-refractivity contribution in [3.63, 3.8) is 0 Å². The fourth-order valence-corrected chi connectivity index (χ4v) is 2.95. The first kappa shape index (κ1) is 14.2. The van der Waals surface area contributed by atoms with Crippen molar-refractivity contribution in [2.24, 2.45) is 5.73 Å². The molecule has 0 amide bonds. The lowest BCUT2D eigenvalue weighted by molar-refractivity contribution is 0.619. The number of halogens is 2. The van der Waals surface area contributed by atoms with Crippen molar-refractivity contribution < 1.29 is 4.39 Å². The van der Waals surface area contributed by atoms with E-state index in [2.05, 4.69) is 48.8 Å². The zero-order valence-corrected chi connectivity index (χ0v) is 12.9. The van der Waals surface area contributed by atoms with Crippen molar-refractivity contribution in [3.05, 3.63) is 68.4 Å². The van der Waals surface area contributed by atoms with Crippen LogP contribution >= 0.6 is 15.9 Å². The van der Waals surface area contributed by atoms with E-state index in [0.717, 1.165) is 11.1 Å². The Labute approximate surface area is 121 Å². The van der Waals surface area contributed by atoms with Crippen LogP contribution in [0, 0.1) is 26.6 Å². The fourth-order valence-electron chi connectivity index (χ4n) is 2.55. The molecule has 0 aromatic heterocycles. The number of aryl methyl sites for hydroxylation is 3. The average molecular weight is 322 g/mol. The summed E-state index contributed by atoms with van der Waals surface area (Å²) < 4.78 is 13.7. The molecule has 0 aliphatic carbocycles. The van der Waals surface area contributed by atoms with Gasteiger partial charge in [0, 0.05) is 0 Å². The minimum Gasteiger partial charge on any atom is -0.320 e. The van der Waals surface area contributed by atoms with Crippen LogP contribution in [-0.2, 0) is 0 Å². The maximum atomic E-state index is 13.3. The summed E-state index contributed by atoms with van der Waals surface area (Å²) in [5.74, 6) is -0.270. The number of benzene rings is 2. The van der Waals surface area contributed by atoms with Gasteiger partial charge in [-0.2, -0.15) is 0 Å². The van der Waals surface area contributed by atoms with Crippen LogP contribution < -0.4 is 5.73 Å². The molecule has 0 fully saturated rings. The Morgan fingerprint density at radius 3 is 2.16 bits per heavy atom. The lowest BCUT2D eigenvalue weighted by Crippen LogP contribution is -2.15. The molecule has 3 heteroatoms. The summed E-state index contributed by atoms with van der Waals surface area (Å²) in [5, 5.41) is 0. The van der Waals surface area contributed by atoms with Gasteiger partial charge in [0.25, 0.3) is 0 Å². The molecule has 0 saturated heterocycles. The van der Waals surface area contributed by atoms with Gasteiger partial charge in [-0.25, -0.2) is 4.39 Å². The molecule has 100 valence electrons. The van der Waals surface area contributed by atoms with Gasteiger partial charge in [-0.1, -0.05) is 23.8 Å². The highest BCUT2D eigenvalue weighted by Gasteiger charge is 2.15. The maximum Gasteiger partial charge on any atom is 0.137 e. The summed E-state index contributed by atoms with van der Waals surface area (Å²) in [6.45, 7) is 6.20. The zero-order valence-electron chi connectivity index (χ0n) is 11.3. The summed E-state index contributed by atoms with van der Waals surface area (Å²) in [4.78, 5) is 0. The van der Waals surface area contributed by atoms with Gasteiger partial charge in [-0.15, -0.1) is 0 Å². The largest absolute Gasteiger partial charge is 0.320 e. The van der Waals surface area contributed by atoms with Crippen molar-refractivity contribution in [1.82, 2.24) is 0 Å².